The van der Waals surface area contributed by atoms with Crippen molar-refractivity contribution in [3.63, 3.8) is 0 Å². The Balaban J connectivity index is 2.92. The Morgan fingerprint density at radius 3 is 2.67 bits per heavy atom. The number of aromatic nitrogens is 2. The molecule has 0 spiro atoms. The minimum atomic E-state index is -0.908. The van der Waals surface area contributed by atoms with Crippen molar-refractivity contribution in [3.05, 3.63) is 16.9 Å². The van der Waals surface area contributed by atoms with Gasteiger partial charge in [-0.25, -0.2) is 0 Å². The summed E-state index contributed by atoms with van der Waals surface area (Å²) < 4.78 is 1.56. The molecule has 2 unspecified atom stereocenters. The van der Waals surface area contributed by atoms with Gasteiger partial charge in [-0.1, -0.05) is 11.6 Å². The van der Waals surface area contributed by atoms with Crippen molar-refractivity contribution in [3.8, 4) is 0 Å². The van der Waals surface area contributed by atoms with E-state index in [2.05, 4.69) is 10.4 Å². The van der Waals surface area contributed by atoms with Gasteiger partial charge in [-0.05, 0) is 20.9 Å². The Kier molecular flexibility index (Phi) is 3.71. The summed E-state index contributed by atoms with van der Waals surface area (Å²) in [5.74, 6) is -0.908. The average molecular weight is 232 g/mol. The van der Waals surface area contributed by atoms with Crippen LogP contribution in [0.4, 0.5) is 0 Å². The molecule has 0 saturated heterocycles. The number of carboxylic acids is 1. The van der Waals surface area contributed by atoms with E-state index >= 15 is 0 Å². The molecule has 2 N–H and O–H groups in total. The molecule has 2 atom stereocenters. The topological polar surface area (TPSA) is 67.2 Å². The molecule has 0 aliphatic rings. The summed E-state index contributed by atoms with van der Waals surface area (Å²) in [5, 5.41) is 16.4. The van der Waals surface area contributed by atoms with E-state index in [4.69, 9.17) is 16.7 Å². The van der Waals surface area contributed by atoms with Gasteiger partial charge in [0.25, 0.3) is 0 Å². The fourth-order valence-electron chi connectivity index (χ4n) is 1.39. The number of carboxylic acid groups (broad SMARTS) is 1. The third-order valence-electron chi connectivity index (χ3n) is 2.33. The summed E-state index contributed by atoms with van der Waals surface area (Å²) in [5.41, 5.74) is 0.698. The van der Waals surface area contributed by atoms with E-state index in [9.17, 15) is 4.79 Å². The summed E-state index contributed by atoms with van der Waals surface area (Å²) in [7, 11) is 1.60. The maximum atomic E-state index is 10.9. The molecule has 6 heteroatoms. The van der Waals surface area contributed by atoms with Gasteiger partial charge in [0.05, 0.1) is 16.8 Å². The van der Waals surface area contributed by atoms with Crippen molar-refractivity contribution < 1.29 is 9.90 Å². The number of carbonyl (C=O) groups is 1. The molecule has 1 heterocycles. The first kappa shape index (κ1) is 12.0. The lowest BCUT2D eigenvalue weighted by Crippen LogP contribution is -2.40. The number of rotatable bonds is 4. The quantitative estimate of drug-likeness (QED) is 0.814. The second-order valence-corrected chi connectivity index (χ2v) is 3.79. The van der Waals surface area contributed by atoms with Gasteiger partial charge in [0.2, 0.25) is 0 Å². The lowest BCUT2D eigenvalue weighted by molar-refractivity contribution is -0.140. The average Bonchev–Trinajstić information content (AvgIpc) is 2.47. The molecule has 0 aromatic carbocycles. The highest BCUT2D eigenvalue weighted by Gasteiger charge is 2.25. The van der Waals surface area contributed by atoms with Crippen LogP contribution in [0.2, 0.25) is 5.02 Å². The third-order valence-corrected chi connectivity index (χ3v) is 2.70. The van der Waals surface area contributed by atoms with E-state index in [0.717, 1.165) is 0 Å². The number of hydrogen-bond acceptors (Lipinski definition) is 3. The SMILES string of the molecule is CNC(C(=O)O)C(C)n1cc(Cl)c(C)n1. The van der Waals surface area contributed by atoms with E-state index < -0.39 is 12.0 Å². The van der Waals surface area contributed by atoms with E-state index in [-0.39, 0.29) is 6.04 Å². The number of aliphatic carboxylic acids is 1. The van der Waals surface area contributed by atoms with Crippen LogP contribution in [0.15, 0.2) is 6.20 Å². The smallest absolute Gasteiger partial charge is 0.322 e. The van der Waals surface area contributed by atoms with Crippen LogP contribution in [-0.4, -0.2) is 33.9 Å². The highest BCUT2D eigenvalue weighted by atomic mass is 35.5. The Bertz CT molecular complexity index is 345. The van der Waals surface area contributed by atoms with Crippen LogP contribution in [0.1, 0.15) is 18.7 Å². The second-order valence-electron chi connectivity index (χ2n) is 3.39. The van der Waals surface area contributed by atoms with Crippen molar-refractivity contribution in [2.75, 3.05) is 7.05 Å². The molecular weight excluding hydrogens is 218 g/mol. The molecule has 0 radical (unpaired) electrons. The first-order valence-electron chi connectivity index (χ1n) is 4.58. The molecule has 5 nitrogen and oxygen atoms in total. The Morgan fingerprint density at radius 2 is 2.33 bits per heavy atom. The van der Waals surface area contributed by atoms with Gasteiger partial charge in [0.1, 0.15) is 6.04 Å². The van der Waals surface area contributed by atoms with Gasteiger partial charge >= 0.3 is 5.97 Å². The molecule has 1 aromatic heterocycles. The van der Waals surface area contributed by atoms with Gasteiger partial charge in [-0.2, -0.15) is 5.10 Å². The van der Waals surface area contributed by atoms with Crippen LogP contribution in [0.5, 0.6) is 0 Å². The zero-order chi connectivity index (χ0) is 11.6. The van der Waals surface area contributed by atoms with Gasteiger partial charge in [0.15, 0.2) is 0 Å². The van der Waals surface area contributed by atoms with Crippen LogP contribution in [-0.2, 0) is 4.79 Å². The zero-order valence-electron chi connectivity index (χ0n) is 8.86. The summed E-state index contributed by atoms with van der Waals surface area (Å²) >= 11 is 5.85. The van der Waals surface area contributed by atoms with Crippen molar-refractivity contribution in [1.29, 1.82) is 0 Å². The molecule has 84 valence electrons. The Morgan fingerprint density at radius 1 is 1.73 bits per heavy atom. The standard InChI is InChI=1S/C9H14ClN3O2/c1-5-7(10)4-13(12-5)6(2)8(11-3)9(14)15/h4,6,8,11H,1-3H3,(H,14,15). The maximum Gasteiger partial charge on any atom is 0.322 e. The molecule has 0 amide bonds. The molecule has 0 fully saturated rings. The van der Waals surface area contributed by atoms with E-state index in [1.807, 2.05) is 0 Å². The predicted molar refractivity (Wildman–Crippen MR) is 57.2 cm³/mol. The molecule has 1 aromatic rings. The van der Waals surface area contributed by atoms with Crippen LogP contribution < -0.4 is 5.32 Å². The Labute approximate surface area is 93.0 Å². The fraction of sp³-hybridized carbons (Fsp3) is 0.556. The number of nitrogens with one attached hydrogen (secondary N) is 1. The second kappa shape index (κ2) is 4.63. The van der Waals surface area contributed by atoms with Gasteiger partial charge in [-0.15, -0.1) is 0 Å². The molecule has 0 aliphatic heterocycles. The first-order valence-corrected chi connectivity index (χ1v) is 4.96. The van der Waals surface area contributed by atoms with Crippen LogP contribution in [0.25, 0.3) is 0 Å². The van der Waals surface area contributed by atoms with E-state index in [1.54, 1.807) is 31.8 Å². The van der Waals surface area contributed by atoms with E-state index in [1.165, 1.54) is 0 Å². The minimum absolute atomic E-state index is 0.293. The fourth-order valence-corrected chi connectivity index (χ4v) is 1.53. The minimum Gasteiger partial charge on any atom is -0.480 e. The lowest BCUT2D eigenvalue weighted by Gasteiger charge is -2.19. The molecule has 15 heavy (non-hydrogen) atoms. The number of nitrogens with zero attached hydrogens (tertiary/aromatic N) is 2. The number of halogens is 1. The monoisotopic (exact) mass is 231 g/mol. The predicted octanol–water partition coefficient (Wildman–Crippen LogP) is 1.08. The van der Waals surface area contributed by atoms with Gasteiger partial charge in [0, 0.05) is 6.20 Å². The summed E-state index contributed by atoms with van der Waals surface area (Å²) in [6, 6.07) is -0.973. The van der Waals surface area contributed by atoms with Crippen molar-refractivity contribution in [2.45, 2.75) is 25.9 Å². The molecule has 1 rings (SSSR count). The largest absolute Gasteiger partial charge is 0.480 e. The van der Waals surface area contributed by atoms with Gasteiger partial charge < -0.3 is 10.4 Å². The molecule has 0 bridgehead atoms. The van der Waals surface area contributed by atoms with Gasteiger partial charge in [-0.3, -0.25) is 9.48 Å². The highest BCUT2D eigenvalue weighted by Crippen LogP contribution is 2.17. The summed E-state index contributed by atoms with van der Waals surface area (Å²) in [6.45, 7) is 3.55. The first-order chi connectivity index (χ1) is 6.97. The van der Waals surface area contributed by atoms with Crippen molar-refractivity contribution in [1.82, 2.24) is 15.1 Å². The lowest BCUT2D eigenvalue weighted by atomic mass is 10.1. The maximum absolute atomic E-state index is 10.9. The molecular formula is C9H14ClN3O2. The number of aryl methyl sites for hydroxylation is 1. The van der Waals surface area contributed by atoms with E-state index in [0.29, 0.717) is 10.7 Å². The number of likely N-dealkylation sites (N-methyl/N-ethyl adjacent to an activating group) is 1. The highest BCUT2D eigenvalue weighted by molar-refractivity contribution is 6.31. The summed E-state index contributed by atoms with van der Waals surface area (Å²) in [6.07, 6.45) is 1.63. The van der Waals surface area contributed by atoms with Crippen LogP contribution >= 0.6 is 11.6 Å². The third kappa shape index (κ3) is 2.49. The normalized spacial score (nSPS) is 14.9. The summed E-state index contributed by atoms with van der Waals surface area (Å²) in [4.78, 5) is 10.9. The van der Waals surface area contributed by atoms with Crippen LogP contribution in [0.3, 0.4) is 0 Å². The molecule has 0 aliphatic carbocycles. The molecule has 0 saturated carbocycles. The zero-order valence-corrected chi connectivity index (χ0v) is 9.62. The van der Waals surface area contributed by atoms with Crippen molar-refractivity contribution >= 4 is 17.6 Å². The Hall–Kier alpha value is -1.07. The number of hydrogen-bond donors (Lipinski definition) is 2. The van der Waals surface area contributed by atoms with Crippen molar-refractivity contribution in [2.24, 2.45) is 0 Å². The van der Waals surface area contributed by atoms with Crippen LogP contribution in [0, 0.1) is 6.92 Å².